The van der Waals surface area contributed by atoms with E-state index in [0.29, 0.717) is 43.5 Å². The minimum atomic E-state index is -1.19. The molecule has 188 valence electrons. The number of carbonyl (C=O) groups excluding carboxylic acids is 3. The van der Waals surface area contributed by atoms with Crippen LogP contribution in [0, 0.1) is 0 Å². The molecular formula is C27H34N2O6. The predicted molar refractivity (Wildman–Crippen MR) is 131 cm³/mol. The first-order valence-electron chi connectivity index (χ1n) is 11.8. The number of nitrogens with one attached hydrogen (secondary N) is 2. The Labute approximate surface area is 206 Å². The molecule has 0 unspecified atom stereocenters. The zero-order chi connectivity index (χ0) is 25.5. The Balaban J connectivity index is 1.84. The fourth-order valence-electron chi connectivity index (χ4n) is 4.71. The molecule has 0 spiro atoms. The molecule has 0 aromatic heterocycles. The van der Waals surface area contributed by atoms with Gasteiger partial charge in [-0.25, -0.2) is 9.59 Å². The molecule has 0 radical (unpaired) electrons. The first kappa shape index (κ1) is 26.1. The Morgan fingerprint density at radius 2 is 1.54 bits per heavy atom. The van der Waals surface area contributed by atoms with Crippen LogP contribution < -0.4 is 15.4 Å². The van der Waals surface area contributed by atoms with Gasteiger partial charge in [0.1, 0.15) is 11.3 Å². The fourth-order valence-corrected chi connectivity index (χ4v) is 4.71. The largest absolute Gasteiger partial charge is 0.496 e. The molecule has 1 aliphatic rings. The van der Waals surface area contributed by atoms with E-state index in [9.17, 15) is 14.4 Å². The lowest BCUT2D eigenvalue weighted by Crippen LogP contribution is -2.60. The summed E-state index contributed by atoms with van der Waals surface area (Å²) in [5, 5.41) is 5.84. The standard InChI is InChI=1S/C27H34N2O6/c1-19(2)35-25(32)29-27(24(31)34-4)16-14-26(15-17-27,20-10-6-5-7-11-20)18-28-23(30)21-12-8-9-13-22(21)33-3/h5-13,19H,14-18H2,1-4H3,(H,28,30)(H,29,32)/t26-,27-. The molecule has 2 N–H and O–H groups in total. The molecule has 1 fully saturated rings. The van der Waals surface area contributed by atoms with Crippen molar-refractivity contribution in [2.24, 2.45) is 0 Å². The summed E-state index contributed by atoms with van der Waals surface area (Å²) < 4.78 is 15.6. The second-order valence-electron chi connectivity index (χ2n) is 9.18. The Bertz CT molecular complexity index is 1030. The van der Waals surface area contributed by atoms with Crippen molar-refractivity contribution in [1.29, 1.82) is 0 Å². The van der Waals surface area contributed by atoms with E-state index < -0.39 is 23.0 Å². The normalized spacial score (nSPS) is 21.6. The van der Waals surface area contributed by atoms with Crippen LogP contribution in [0.25, 0.3) is 0 Å². The van der Waals surface area contributed by atoms with Crippen LogP contribution in [-0.2, 0) is 19.7 Å². The van der Waals surface area contributed by atoms with Crippen LogP contribution in [0.3, 0.4) is 0 Å². The van der Waals surface area contributed by atoms with E-state index in [2.05, 4.69) is 10.6 Å². The lowest BCUT2D eigenvalue weighted by molar-refractivity contribution is -0.150. The van der Waals surface area contributed by atoms with Gasteiger partial charge in [0.15, 0.2) is 0 Å². The monoisotopic (exact) mass is 482 g/mol. The van der Waals surface area contributed by atoms with E-state index in [-0.39, 0.29) is 12.0 Å². The van der Waals surface area contributed by atoms with Crippen LogP contribution in [0.2, 0.25) is 0 Å². The summed E-state index contributed by atoms with van der Waals surface area (Å²) in [5.74, 6) is -0.237. The first-order chi connectivity index (χ1) is 16.7. The van der Waals surface area contributed by atoms with Crippen molar-refractivity contribution in [3.63, 3.8) is 0 Å². The highest BCUT2D eigenvalue weighted by Crippen LogP contribution is 2.43. The molecule has 2 aromatic carbocycles. The lowest BCUT2D eigenvalue weighted by Gasteiger charge is -2.45. The van der Waals surface area contributed by atoms with Crippen molar-refractivity contribution in [2.45, 2.75) is 56.6 Å². The number of carbonyl (C=O) groups is 3. The number of rotatable bonds is 8. The maximum absolute atomic E-state index is 13.0. The lowest BCUT2D eigenvalue weighted by atomic mass is 9.64. The third kappa shape index (κ3) is 5.93. The van der Waals surface area contributed by atoms with Gasteiger partial charge >= 0.3 is 12.1 Å². The molecule has 35 heavy (non-hydrogen) atoms. The van der Waals surface area contributed by atoms with Crippen LogP contribution in [0.15, 0.2) is 54.6 Å². The van der Waals surface area contributed by atoms with E-state index in [1.807, 2.05) is 36.4 Å². The highest BCUT2D eigenvalue weighted by Gasteiger charge is 2.50. The van der Waals surface area contributed by atoms with Crippen molar-refractivity contribution in [2.75, 3.05) is 20.8 Å². The fraction of sp³-hybridized carbons (Fsp3) is 0.444. The van der Waals surface area contributed by atoms with E-state index in [1.165, 1.54) is 14.2 Å². The molecule has 0 heterocycles. The molecule has 1 saturated carbocycles. The van der Waals surface area contributed by atoms with E-state index >= 15 is 0 Å². The van der Waals surface area contributed by atoms with E-state index in [0.717, 1.165) is 5.56 Å². The summed E-state index contributed by atoms with van der Waals surface area (Å²) in [6, 6.07) is 17.0. The predicted octanol–water partition coefficient (Wildman–Crippen LogP) is 3.98. The first-order valence-corrected chi connectivity index (χ1v) is 11.8. The zero-order valence-corrected chi connectivity index (χ0v) is 20.8. The Kier molecular flexibility index (Phi) is 8.38. The number of ether oxygens (including phenoxy) is 3. The summed E-state index contributed by atoms with van der Waals surface area (Å²) in [6.45, 7) is 3.85. The summed E-state index contributed by atoms with van der Waals surface area (Å²) in [5.41, 5.74) is -0.106. The second-order valence-corrected chi connectivity index (χ2v) is 9.18. The number of hydrogen-bond acceptors (Lipinski definition) is 6. The second kappa shape index (κ2) is 11.3. The quantitative estimate of drug-likeness (QED) is 0.552. The van der Waals surface area contributed by atoms with Gasteiger partial charge in [0.25, 0.3) is 5.91 Å². The maximum Gasteiger partial charge on any atom is 0.408 e. The SMILES string of the molecule is COc1ccccc1C(=O)NC[C@]1(c2ccccc2)CC[C@@](NC(=O)OC(C)C)(C(=O)OC)CC1. The molecule has 8 nitrogen and oxygen atoms in total. The van der Waals surface area contributed by atoms with Gasteiger partial charge in [0.2, 0.25) is 0 Å². The molecule has 8 heteroatoms. The topological polar surface area (TPSA) is 103 Å². The highest BCUT2D eigenvalue weighted by molar-refractivity contribution is 5.97. The summed E-state index contributed by atoms with van der Waals surface area (Å²) in [6.07, 6.45) is 0.794. The van der Waals surface area contributed by atoms with E-state index in [1.54, 1.807) is 32.0 Å². The Hall–Kier alpha value is -3.55. The number of hydrogen-bond donors (Lipinski definition) is 2. The van der Waals surface area contributed by atoms with Gasteiger partial charge in [-0.15, -0.1) is 0 Å². The maximum atomic E-state index is 13.0. The van der Waals surface area contributed by atoms with Crippen molar-refractivity contribution in [1.82, 2.24) is 10.6 Å². The van der Waals surface area contributed by atoms with Gasteiger partial charge in [-0.1, -0.05) is 42.5 Å². The molecule has 0 aliphatic heterocycles. The zero-order valence-electron chi connectivity index (χ0n) is 20.8. The molecule has 1 aliphatic carbocycles. The smallest absolute Gasteiger partial charge is 0.408 e. The van der Waals surface area contributed by atoms with Crippen LogP contribution in [0.5, 0.6) is 5.75 Å². The molecule has 0 bridgehead atoms. The van der Waals surface area contributed by atoms with E-state index in [4.69, 9.17) is 14.2 Å². The summed E-state index contributed by atoms with van der Waals surface area (Å²) in [7, 11) is 2.84. The third-order valence-corrected chi connectivity index (χ3v) is 6.65. The Morgan fingerprint density at radius 3 is 2.14 bits per heavy atom. The van der Waals surface area contributed by atoms with Crippen LogP contribution in [0.1, 0.15) is 55.5 Å². The van der Waals surface area contributed by atoms with Gasteiger partial charge in [-0.3, -0.25) is 4.79 Å². The Morgan fingerprint density at radius 1 is 0.914 bits per heavy atom. The molecule has 2 aromatic rings. The van der Waals surface area contributed by atoms with Crippen molar-refractivity contribution in [3.05, 3.63) is 65.7 Å². The molecule has 0 atom stereocenters. The minimum absolute atomic E-state index is 0.235. The summed E-state index contributed by atoms with van der Waals surface area (Å²) >= 11 is 0. The average Bonchev–Trinajstić information content (AvgIpc) is 2.87. The van der Waals surface area contributed by atoms with Crippen LogP contribution in [-0.4, -0.2) is 50.4 Å². The number of benzene rings is 2. The summed E-state index contributed by atoms with van der Waals surface area (Å²) in [4.78, 5) is 38.2. The van der Waals surface area contributed by atoms with Gasteiger partial charge in [0, 0.05) is 12.0 Å². The van der Waals surface area contributed by atoms with Crippen molar-refractivity contribution < 1.29 is 28.6 Å². The van der Waals surface area contributed by atoms with Crippen LogP contribution >= 0.6 is 0 Å². The number of esters is 1. The van der Waals surface area contributed by atoms with Gasteiger partial charge in [-0.2, -0.15) is 0 Å². The molecule has 3 rings (SSSR count). The molecule has 2 amide bonds. The van der Waals surface area contributed by atoms with Crippen LogP contribution in [0.4, 0.5) is 4.79 Å². The van der Waals surface area contributed by atoms with Gasteiger partial charge in [0.05, 0.1) is 25.9 Å². The number of alkyl carbamates (subject to hydrolysis) is 1. The minimum Gasteiger partial charge on any atom is -0.496 e. The number of methoxy groups -OCH3 is 2. The third-order valence-electron chi connectivity index (χ3n) is 6.65. The average molecular weight is 483 g/mol. The number of para-hydroxylation sites is 1. The molecular weight excluding hydrogens is 448 g/mol. The van der Waals surface area contributed by atoms with Gasteiger partial charge in [-0.05, 0) is 57.2 Å². The molecule has 0 saturated heterocycles. The van der Waals surface area contributed by atoms with Crippen molar-refractivity contribution in [3.8, 4) is 5.75 Å². The van der Waals surface area contributed by atoms with Crippen molar-refractivity contribution >= 4 is 18.0 Å². The highest BCUT2D eigenvalue weighted by atomic mass is 16.6. The van der Waals surface area contributed by atoms with Gasteiger partial charge < -0.3 is 24.8 Å². The number of amides is 2.